The molecular weight excluding hydrogens is 274 g/mol. The number of fused-ring (bicyclic) bond motifs is 1. The Morgan fingerprint density at radius 1 is 1.00 bits per heavy atom. The van der Waals surface area contributed by atoms with Crippen LogP contribution in [0.3, 0.4) is 0 Å². The Morgan fingerprint density at radius 3 is 2.27 bits per heavy atom. The van der Waals surface area contributed by atoms with E-state index in [9.17, 15) is 9.59 Å². The first-order valence-electron chi connectivity index (χ1n) is 7.31. The Morgan fingerprint density at radius 2 is 1.64 bits per heavy atom. The van der Waals surface area contributed by atoms with Crippen LogP contribution in [0.1, 0.15) is 36.5 Å². The molecule has 0 amide bonds. The summed E-state index contributed by atoms with van der Waals surface area (Å²) in [5.41, 5.74) is 4.14. The third-order valence-electron chi connectivity index (χ3n) is 4.20. The van der Waals surface area contributed by atoms with Crippen LogP contribution in [0.2, 0.25) is 0 Å². The lowest BCUT2D eigenvalue weighted by molar-refractivity contribution is -0.130. The number of allylic oxidation sites excluding steroid dienone is 1. The molecule has 0 aliphatic heterocycles. The summed E-state index contributed by atoms with van der Waals surface area (Å²) in [6, 6.07) is 11.8. The minimum Gasteiger partial charge on any atom is -0.299 e. The number of rotatable bonds is 4. The number of carbonyl (C=O) groups excluding carboxylic acids is 2. The Bertz CT molecular complexity index is 748. The van der Waals surface area contributed by atoms with Gasteiger partial charge >= 0.3 is 0 Å². The van der Waals surface area contributed by atoms with E-state index in [4.69, 9.17) is 0 Å². The summed E-state index contributed by atoms with van der Waals surface area (Å²) in [5.74, 6) is -1.03. The lowest BCUT2D eigenvalue weighted by atomic mass is 9.77. The van der Waals surface area contributed by atoms with Gasteiger partial charge in [-0.05, 0) is 48.2 Å². The van der Waals surface area contributed by atoms with E-state index in [1.807, 2.05) is 36.4 Å². The first-order chi connectivity index (χ1) is 10.6. The molecule has 3 nitrogen and oxygen atoms in total. The van der Waals surface area contributed by atoms with Crippen LogP contribution in [-0.4, -0.2) is 16.6 Å². The lowest BCUT2D eigenvalue weighted by Crippen LogP contribution is -2.27. The molecule has 22 heavy (non-hydrogen) atoms. The number of benzene rings is 1. The Kier molecular flexibility index (Phi) is 3.72. The molecule has 0 spiro atoms. The van der Waals surface area contributed by atoms with Gasteiger partial charge in [-0.3, -0.25) is 14.6 Å². The smallest absolute Gasteiger partial charge is 0.141 e. The van der Waals surface area contributed by atoms with E-state index in [1.54, 1.807) is 12.4 Å². The van der Waals surface area contributed by atoms with Crippen LogP contribution >= 0.6 is 0 Å². The Labute approximate surface area is 129 Å². The molecule has 1 aromatic heterocycles. The summed E-state index contributed by atoms with van der Waals surface area (Å²) in [7, 11) is 0. The van der Waals surface area contributed by atoms with Crippen molar-refractivity contribution in [1.29, 1.82) is 0 Å². The molecule has 0 saturated heterocycles. The molecule has 0 bridgehead atoms. The van der Waals surface area contributed by atoms with Crippen molar-refractivity contribution in [3.05, 3.63) is 65.5 Å². The zero-order valence-electron chi connectivity index (χ0n) is 12.6. The van der Waals surface area contributed by atoms with Crippen LogP contribution in [0.15, 0.2) is 48.8 Å². The second kappa shape index (κ2) is 5.68. The third kappa shape index (κ3) is 2.39. The summed E-state index contributed by atoms with van der Waals surface area (Å²) in [4.78, 5) is 28.2. The molecule has 1 heterocycles. The number of hydrogen-bond acceptors (Lipinski definition) is 3. The van der Waals surface area contributed by atoms with Gasteiger partial charge in [-0.1, -0.05) is 30.3 Å². The van der Waals surface area contributed by atoms with Crippen molar-refractivity contribution in [2.45, 2.75) is 19.8 Å². The quantitative estimate of drug-likeness (QED) is 0.810. The number of pyridine rings is 1. The standard InChI is InChI=1S/C19H17NO2/c1-12(21)18(13(2)22)19-16-6-4-3-5-15(16)11-17(19)14-7-9-20-10-8-14/h3-11,18-19H,1-2H3. The van der Waals surface area contributed by atoms with Crippen molar-refractivity contribution in [1.82, 2.24) is 4.98 Å². The molecule has 1 aromatic carbocycles. The van der Waals surface area contributed by atoms with Crippen LogP contribution < -0.4 is 0 Å². The van der Waals surface area contributed by atoms with Crippen LogP contribution in [0.5, 0.6) is 0 Å². The van der Waals surface area contributed by atoms with Gasteiger partial charge in [-0.2, -0.15) is 0 Å². The molecule has 0 saturated carbocycles. The summed E-state index contributed by atoms with van der Waals surface area (Å²) in [6.07, 6.45) is 5.54. The molecule has 0 radical (unpaired) electrons. The fraction of sp³-hybridized carbons (Fsp3) is 0.211. The molecule has 110 valence electrons. The fourth-order valence-corrected chi connectivity index (χ4v) is 3.27. The first-order valence-corrected chi connectivity index (χ1v) is 7.31. The van der Waals surface area contributed by atoms with E-state index in [1.165, 1.54) is 13.8 Å². The van der Waals surface area contributed by atoms with Crippen LogP contribution in [0, 0.1) is 5.92 Å². The van der Waals surface area contributed by atoms with Gasteiger partial charge in [0.2, 0.25) is 0 Å². The second-order valence-electron chi connectivity index (χ2n) is 5.64. The number of aromatic nitrogens is 1. The SMILES string of the molecule is CC(=O)C(C(C)=O)C1C(c2ccncc2)=Cc2ccccc21. The maximum Gasteiger partial charge on any atom is 0.141 e. The Balaban J connectivity index is 2.17. The lowest BCUT2D eigenvalue weighted by Gasteiger charge is -2.23. The van der Waals surface area contributed by atoms with E-state index in [2.05, 4.69) is 11.1 Å². The third-order valence-corrected chi connectivity index (χ3v) is 4.20. The molecular formula is C19H17NO2. The minimum atomic E-state index is -0.636. The molecule has 1 atom stereocenters. The summed E-state index contributed by atoms with van der Waals surface area (Å²) in [5, 5.41) is 0. The van der Waals surface area contributed by atoms with E-state index in [0.717, 1.165) is 22.3 Å². The highest BCUT2D eigenvalue weighted by atomic mass is 16.1. The van der Waals surface area contributed by atoms with Gasteiger partial charge in [0.25, 0.3) is 0 Å². The summed E-state index contributed by atoms with van der Waals surface area (Å²) in [6.45, 7) is 2.99. The van der Waals surface area contributed by atoms with Crippen molar-refractivity contribution >= 4 is 23.2 Å². The molecule has 0 fully saturated rings. The van der Waals surface area contributed by atoms with Gasteiger partial charge in [0.05, 0.1) is 5.92 Å². The topological polar surface area (TPSA) is 47.0 Å². The van der Waals surface area contributed by atoms with Gasteiger partial charge in [0.15, 0.2) is 0 Å². The Hall–Kier alpha value is -2.55. The maximum absolute atomic E-state index is 12.1. The molecule has 1 aliphatic carbocycles. The largest absolute Gasteiger partial charge is 0.299 e. The number of ketones is 2. The highest BCUT2D eigenvalue weighted by molar-refractivity contribution is 6.06. The number of nitrogens with zero attached hydrogens (tertiary/aromatic N) is 1. The molecule has 0 N–H and O–H groups in total. The molecule has 2 aromatic rings. The highest BCUT2D eigenvalue weighted by Crippen LogP contribution is 2.46. The zero-order chi connectivity index (χ0) is 15.7. The monoisotopic (exact) mass is 291 g/mol. The second-order valence-corrected chi connectivity index (χ2v) is 5.64. The van der Waals surface area contributed by atoms with Gasteiger partial charge in [0.1, 0.15) is 11.6 Å². The number of hydrogen-bond donors (Lipinski definition) is 0. The summed E-state index contributed by atoms with van der Waals surface area (Å²) >= 11 is 0. The van der Waals surface area contributed by atoms with Crippen LogP contribution in [-0.2, 0) is 9.59 Å². The summed E-state index contributed by atoms with van der Waals surface area (Å²) < 4.78 is 0. The molecule has 1 aliphatic rings. The van der Waals surface area contributed by atoms with Crippen molar-refractivity contribution in [3.63, 3.8) is 0 Å². The highest BCUT2D eigenvalue weighted by Gasteiger charge is 2.37. The van der Waals surface area contributed by atoms with E-state index >= 15 is 0 Å². The predicted octanol–water partition coefficient (Wildman–Crippen LogP) is 3.51. The van der Waals surface area contributed by atoms with E-state index < -0.39 is 5.92 Å². The average molecular weight is 291 g/mol. The zero-order valence-corrected chi connectivity index (χ0v) is 12.6. The van der Waals surface area contributed by atoms with Crippen LogP contribution in [0.4, 0.5) is 0 Å². The van der Waals surface area contributed by atoms with Crippen LogP contribution in [0.25, 0.3) is 11.6 Å². The predicted molar refractivity (Wildman–Crippen MR) is 86.1 cm³/mol. The molecule has 3 heteroatoms. The van der Waals surface area contributed by atoms with Gasteiger partial charge < -0.3 is 0 Å². The average Bonchev–Trinajstić information content (AvgIpc) is 2.87. The first kappa shape index (κ1) is 14.4. The van der Waals surface area contributed by atoms with Gasteiger partial charge in [-0.25, -0.2) is 0 Å². The normalized spacial score (nSPS) is 16.3. The minimum absolute atomic E-state index is 0.0887. The molecule has 1 unspecified atom stereocenters. The number of carbonyl (C=O) groups is 2. The van der Waals surface area contributed by atoms with Crippen molar-refractivity contribution in [2.24, 2.45) is 5.92 Å². The molecule has 3 rings (SSSR count). The fourth-order valence-electron chi connectivity index (χ4n) is 3.27. The van der Waals surface area contributed by atoms with E-state index in [0.29, 0.717) is 0 Å². The van der Waals surface area contributed by atoms with E-state index in [-0.39, 0.29) is 17.5 Å². The van der Waals surface area contributed by atoms with Crippen molar-refractivity contribution in [2.75, 3.05) is 0 Å². The van der Waals surface area contributed by atoms with Gasteiger partial charge in [0, 0.05) is 18.3 Å². The van der Waals surface area contributed by atoms with Crippen molar-refractivity contribution < 1.29 is 9.59 Å². The number of Topliss-reactive ketones (excluding diaryl/α,β-unsaturated/α-hetero) is 2. The maximum atomic E-state index is 12.1. The van der Waals surface area contributed by atoms with Gasteiger partial charge in [-0.15, -0.1) is 0 Å². The van der Waals surface area contributed by atoms with Crippen molar-refractivity contribution in [3.8, 4) is 0 Å².